The molecule has 74 valence electrons. The maximum atomic E-state index is 4.43. The largest absolute Gasteiger partial charge is 0.143 e. The first-order valence-electron chi connectivity index (χ1n) is 4.82. The zero-order valence-corrected chi connectivity index (χ0v) is 9.24. The molecule has 0 N–H and O–H groups in total. The molecule has 0 radical (unpaired) electrons. The van der Waals surface area contributed by atoms with Gasteiger partial charge in [0.05, 0.1) is 0 Å². The molecule has 2 rings (SSSR count). The molecule has 0 aliphatic rings. The Hall–Kier alpha value is -1.47. The van der Waals surface area contributed by atoms with E-state index in [2.05, 4.69) is 31.3 Å². The second-order valence-corrected chi connectivity index (χ2v) is 3.84. The van der Waals surface area contributed by atoms with Crippen molar-refractivity contribution in [2.45, 2.75) is 4.90 Å². The summed E-state index contributed by atoms with van der Waals surface area (Å²) in [7, 11) is 0. The van der Waals surface area contributed by atoms with E-state index in [9.17, 15) is 0 Å². The Bertz CT molecular complexity index is 472. The number of hydrogen-bond acceptors (Lipinski definition) is 1. The van der Waals surface area contributed by atoms with Crippen molar-refractivity contribution in [3.05, 3.63) is 72.3 Å². The first-order valence-corrected chi connectivity index (χ1v) is 5.26. The van der Waals surface area contributed by atoms with E-state index in [0.29, 0.717) is 0 Å². The Kier molecular flexibility index (Phi) is 2.93. The van der Waals surface area contributed by atoms with Gasteiger partial charge in [-0.2, -0.15) is 0 Å². The molecule has 0 amide bonds. The molecule has 0 heterocycles. The van der Waals surface area contributed by atoms with Crippen molar-refractivity contribution in [3.8, 4) is 0 Å². The molecule has 0 saturated heterocycles. The highest BCUT2D eigenvalue weighted by Gasteiger charge is 2.03. The third-order valence-corrected chi connectivity index (χ3v) is 2.74. The van der Waals surface area contributed by atoms with Crippen molar-refractivity contribution in [2.24, 2.45) is 0 Å². The zero-order valence-electron chi connectivity index (χ0n) is 8.35. The first-order chi connectivity index (χ1) is 7.29. The predicted molar refractivity (Wildman–Crippen MR) is 68.3 cm³/mol. The van der Waals surface area contributed by atoms with Crippen molar-refractivity contribution in [1.82, 2.24) is 0 Å². The van der Waals surface area contributed by atoms with E-state index >= 15 is 0 Å². The van der Waals surface area contributed by atoms with Gasteiger partial charge in [-0.1, -0.05) is 55.1 Å². The normalized spacial score (nSPS) is 9.93. The second kappa shape index (κ2) is 4.37. The lowest BCUT2D eigenvalue weighted by Crippen LogP contribution is -1.86. The Morgan fingerprint density at radius 2 is 1.47 bits per heavy atom. The van der Waals surface area contributed by atoms with Crippen LogP contribution in [0, 0.1) is 0 Å². The van der Waals surface area contributed by atoms with Gasteiger partial charge >= 0.3 is 0 Å². The van der Waals surface area contributed by atoms with Crippen LogP contribution >= 0.6 is 12.6 Å². The maximum absolute atomic E-state index is 4.43. The summed E-state index contributed by atoms with van der Waals surface area (Å²) < 4.78 is 0. The van der Waals surface area contributed by atoms with Crippen molar-refractivity contribution in [1.29, 1.82) is 0 Å². The fraction of sp³-hybridized carbons (Fsp3) is 0. The highest BCUT2D eigenvalue weighted by molar-refractivity contribution is 7.80. The van der Waals surface area contributed by atoms with Gasteiger partial charge in [0.15, 0.2) is 0 Å². The monoisotopic (exact) mass is 212 g/mol. The van der Waals surface area contributed by atoms with Gasteiger partial charge in [-0.15, -0.1) is 12.6 Å². The molecule has 0 bridgehead atoms. The van der Waals surface area contributed by atoms with Gasteiger partial charge in [0.1, 0.15) is 0 Å². The number of rotatable bonds is 2. The lowest BCUT2D eigenvalue weighted by atomic mass is 10.00. The minimum Gasteiger partial charge on any atom is -0.143 e. The summed E-state index contributed by atoms with van der Waals surface area (Å²) in [6.45, 7) is 4.11. The molecule has 0 aliphatic heterocycles. The van der Waals surface area contributed by atoms with Crippen molar-refractivity contribution >= 4 is 18.2 Å². The van der Waals surface area contributed by atoms with E-state index in [-0.39, 0.29) is 0 Å². The smallest absolute Gasteiger partial charge is 0.0119 e. The van der Waals surface area contributed by atoms with E-state index < -0.39 is 0 Å². The topological polar surface area (TPSA) is 0 Å². The summed E-state index contributed by atoms with van der Waals surface area (Å²) >= 11 is 4.43. The van der Waals surface area contributed by atoms with Gasteiger partial charge in [0, 0.05) is 4.90 Å². The Labute approximate surface area is 95.7 Å². The minimum atomic E-state index is 0.964. The molecule has 0 spiro atoms. The molecule has 0 saturated carbocycles. The van der Waals surface area contributed by atoms with Gasteiger partial charge < -0.3 is 0 Å². The SMILES string of the molecule is C=C(c1ccccc1)c1ccccc1S. The molecule has 2 aromatic carbocycles. The summed E-state index contributed by atoms with van der Waals surface area (Å²) in [4.78, 5) is 0.964. The summed E-state index contributed by atoms with van der Waals surface area (Å²) in [5.74, 6) is 0. The van der Waals surface area contributed by atoms with Crippen LogP contribution in [0.25, 0.3) is 5.57 Å². The Morgan fingerprint density at radius 1 is 0.867 bits per heavy atom. The second-order valence-electron chi connectivity index (χ2n) is 3.36. The van der Waals surface area contributed by atoms with Crippen LogP contribution in [0.15, 0.2) is 66.1 Å². The molecule has 0 fully saturated rings. The fourth-order valence-electron chi connectivity index (χ4n) is 1.52. The van der Waals surface area contributed by atoms with Crippen LogP contribution in [0.5, 0.6) is 0 Å². The molecule has 0 unspecified atom stereocenters. The van der Waals surface area contributed by atoms with Gasteiger partial charge in [-0.25, -0.2) is 0 Å². The standard InChI is InChI=1S/C14H12S/c1-11(12-7-3-2-4-8-12)13-9-5-6-10-14(13)15/h2-10,15H,1H2. The van der Waals surface area contributed by atoms with Crippen LogP contribution in [-0.4, -0.2) is 0 Å². The van der Waals surface area contributed by atoms with E-state index in [1.165, 1.54) is 0 Å². The average Bonchev–Trinajstić information content (AvgIpc) is 2.30. The molecule has 1 heteroatoms. The first kappa shape index (κ1) is 10.1. The predicted octanol–water partition coefficient (Wildman–Crippen LogP) is 4.04. The number of hydrogen-bond donors (Lipinski definition) is 1. The van der Waals surface area contributed by atoms with Gasteiger partial charge in [-0.3, -0.25) is 0 Å². The van der Waals surface area contributed by atoms with Crippen LogP contribution in [0.1, 0.15) is 11.1 Å². The molecular formula is C14H12S. The molecule has 0 nitrogen and oxygen atoms in total. The van der Waals surface area contributed by atoms with Crippen LogP contribution in [0.3, 0.4) is 0 Å². The molecular weight excluding hydrogens is 200 g/mol. The third-order valence-electron chi connectivity index (χ3n) is 2.35. The molecule has 0 aliphatic carbocycles. The molecule has 15 heavy (non-hydrogen) atoms. The summed E-state index contributed by atoms with van der Waals surface area (Å²) in [5, 5.41) is 0. The summed E-state index contributed by atoms with van der Waals surface area (Å²) in [5.41, 5.74) is 3.24. The Morgan fingerprint density at radius 3 is 2.13 bits per heavy atom. The summed E-state index contributed by atoms with van der Waals surface area (Å²) in [6, 6.07) is 18.1. The van der Waals surface area contributed by atoms with Crippen LogP contribution in [0.2, 0.25) is 0 Å². The van der Waals surface area contributed by atoms with Crippen molar-refractivity contribution in [2.75, 3.05) is 0 Å². The minimum absolute atomic E-state index is 0.964. The average molecular weight is 212 g/mol. The lowest BCUT2D eigenvalue weighted by molar-refractivity contribution is 1.40. The molecule has 2 aromatic rings. The van der Waals surface area contributed by atoms with Crippen LogP contribution in [0.4, 0.5) is 0 Å². The van der Waals surface area contributed by atoms with E-state index in [4.69, 9.17) is 0 Å². The van der Waals surface area contributed by atoms with Crippen LogP contribution in [-0.2, 0) is 0 Å². The van der Waals surface area contributed by atoms with E-state index in [1.807, 2.05) is 42.5 Å². The number of benzene rings is 2. The molecule has 0 atom stereocenters. The highest BCUT2D eigenvalue weighted by atomic mass is 32.1. The Balaban J connectivity index is 2.42. The van der Waals surface area contributed by atoms with E-state index in [1.54, 1.807) is 0 Å². The zero-order chi connectivity index (χ0) is 10.7. The van der Waals surface area contributed by atoms with Crippen molar-refractivity contribution in [3.63, 3.8) is 0 Å². The van der Waals surface area contributed by atoms with Gasteiger partial charge in [0.2, 0.25) is 0 Å². The lowest BCUT2D eigenvalue weighted by Gasteiger charge is -2.08. The fourth-order valence-corrected chi connectivity index (χ4v) is 1.82. The number of thiol groups is 1. The third kappa shape index (κ3) is 2.13. The molecule has 0 aromatic heterocycles. The highest BCUT2D eigenvalue weighted by Crippen LogP contribution is 2.26. The summed E-state index contributed by atoms with van der Waals surface area (Å²) in [6.07, 6.45) is 0. The maximum Gasteiger partial charge on any atom is 0.0119 e. The van der Waals surface area contributed by atoms with E-state index in [0.717, 1.165) is 21.6 Å². The van der Waals surface area contributed by atoms with Crippen LogP contribution < -0.4 is 0 Å². The van der Waals surface area contributed by atoms with Gasteiger partial charge in [-0.05, 0) is 22.8 Å². The van der Waals surface area contributed by atoms with Gasteiger partial charge in [0.25, 0.3) is 0 Å². The quantitative estimate of drug-likeness (QED) is 0.714. The van der Waals surface area contributed by atoms with Crippen molar-refractivity contribution < 1.29 is 0 Å².